The van der Waals surface area contributed by atoms with Gasteiger partial charge in [0.1, 0.15) is 0 Å². The third kappa shape index (κ3) is 5.10. The van der Waals surface area contributed by atoms with E-state index < -0.39 is 20.0 Å². The normalized spacial score (nSPS) is 16.3. The minimum atomic E-state index is -3.89. The van der Waals surface area contributed by atoms with Crippen LogP contribution >= 0.6 is 11.6 Å². The predicted octanol–water partition coefficient (Wildman–Crippen LogP) is 5.17. The molecule has 0 amide bonds. The van der Waals surface area contributed by atoms with Crippen molar-refractivity contribution in [1.82, 2.24) is 18.2 Å². The van der Waals surface area contributed by atoms with Crippen molar-refractivity contribution in [2.75, 3.05) is 18.4 Å². The van der Waals surface area contributed by atoms with Crippen molar-refractivity contribution in [2.45, 2.75) is 29.2 Å². The average Bonchev–Trinajstić information content (AvgIpc) is 3.61. The van der Waals surface area contributed by atoms with Gasteiger partial charge in [0.2, 0.25) is 16.0 Å². The van der Waals surface area contributed by atoms with Crippen LogP contribution in [0.5, 0.6) is 0 Å². The molecule has 1 N–H and O–H groups in total. The fourth-order valence-corrected chi connectivity index (χ4v) is 8.06. The van der Waals surface area contributed by atoms with Crippen LogP contribution in [0.25, 0.3) is 22.2 Å². The van der Waals surface area contributed by atoms with E-state index in [2.05, 4.69) is 15.3 Å². The molecule has 5 aromatic rings. The lowest BCUT2D eigenvalue weighted by Crippen LogP contribution is -2.32. The summed E-state index contributed by atoms with van der Waals surface area (Å²) in [6.07, 6.45) is 3.55. The Labute approximate surface area is 243 Å². The summed E-state index contributed by atoms with van der Waals surface area (Å²) in [5, 5.41) is 4.16. The number of hydrogen-bond donors (Lipinski definition) is 1. The van der Waals surface area contributed by atoms with Gasteiger partial charge < -0.3 is 5.32 Å². The number of aromatic nitrogens is 3. The molecule has 41 heavy (non-hydrogen) atoms. The van der Waals surface area contributed by atoms with Crippen LogP contribution in [0.1, 0.15) is 12.0 Å². The Bertz CT molecular complexity index is 1960. The summed E-state index contributed by atoms with van der Waals surface area (Å²) in [5.74, 6) is 0.270. The Morgan fingerprint density at radius 3 is 2.32 bits per heavy atom. The number of anilines is 1. The molecule has 3 aromatic carbocycles. The van der Waals surface area contributed by atoms with Crippen LogP contribution < -0.4 is 5.32 Å². The third-order valence-corrected chi connectivity index (χ3v) is 11.0. The SMILES string of the molecule is Cc1ccc(S(=O)(=O)N2CCC(Nc3ncc(Cl)c(-c4cn(S(=O)(=O)c5ccccc5)c5ccccc45)n3)C2)cc1. The van der Waals surface area contributed by atoms with Gasteiger partial charge in [0.25, 0.3) is 10.0 Å². The minimum absolute atomic E-state index is 0.162. The van der Waals surface area contributed by atoms with E-state index >= 15 is 0 Å². The average molecular weight is 608 g/mol. The minimum Gasteiger partial charge on any atom is -0.350 e. The van der Waals surface area contributed by atoms with Gasteiger partial charge in [0.15, 0.2) is 0 Å². The molecule has 0 aliphatic carbocycles. The number of nitrogens with zero attached hydrogens (tertiary/aromatic N) is 4. The molecule has 0 saturated carbocycles. The molecule has 1 unspecified atom stereocenters. The first-order valence-corrected chi connectivity index (χ1v) is 16.2. The molecule has 6 rings (SSSR count). The van der Waals surface area contributed by atoms with Crippen molar-refractivity contribution in [3.05, 3.63) is 102 Å². The highest BCUT2D eigenvalue weighted by Gasteiger charge is 2.33. The molecule has 210 valence electrons. The van der Waals surface area contributed by atoms with Crippen LogP contribution in [0.4, 0.5) is 5.95 Å². The zero-order valence-electron chi connectivity index (χ0n) is 22.0. The quantitative estimate of drug-likeness (QED) is 0.271. The van der Waals surface area contributed by atoms with Crippen LogP contribution in [-0.2, 0) is 20.0 Å². The maximum Gasteiger partial charge on any atom is 0.268 e. The van der Waals surface area contributed by atoms with Gasteiger partial charge in [0.05, 0.1) is 32.2 Å². The maximum absolute atomic E-state index is 13.5. The molecule has 1 fully saturated rings. The van der Waals surface area contributed by atoms with Crippen LogP contribution in [0.3, 0.4) is 0 Å². The Kier molecular flexibility index (Phi) is 7.06. The Balaban J connectivity index is 1.30. The largest absolute Gasteiger partial charge is 0.350 e. The predicted molar refractivity (Wildman–Crippen MR) is 159 cm³/mol. The van der Waals surface area contributed by atoms with E-state index in [1.807, 2.05) is 19.1 Å². The first-order valence-electron chi connectivity index (χ1n) is 12.9. The van der Waals surface area contributed by atoms with Crippen molar-refractivity contribution >= 4 is 48.5 Å². The van der Waals surface area contributed by atoms with E-state index in [0.717, 1.165) is 5.56 Å². The van der Waals surface area contributed by atoms with Gasteiger partial charge in [-0.3, -0.25) is 0 Å². The van der Waals surface area contributed by atoms with E-state index in [4.69, 9.17) is 11.6 Å². The van der Waals surface area contributed by atoms with E-state index in [0.29, 0.717) is 35.1 Å². The zero-order valence-corrected chi connectivity index (χ0v) is 24.4. The molecule has 2 aromatic heterocycles. The summed E-state index contributed by atoms with van der Waals surface area (Å²) < 4.78 is 56.0. The molecule has 12 heteroatoms. The number of para-hydroxylation sites is 1. The van der Waals surface area contributed by atoms with Gasteiger partial charge in [-0.05, 0) is 43.7 Å². The van der Waals surface area contributed by atoms with Crippen molar-refractivity contribution in [1.29, 1.82) is 0 Å². The second kappa shape index (κ2) is 10.6. The monoisotopic (exact) mass is 607 g/mol. The number of halogens is 1. The maximum atomic E-state index is 13.5. The molecule has 9 nitrogen and oxygen atoms in total. The van der Waals surface area contributed by atoms with Gasteiger partial charge in [-0.25, -0.2) is 30.8 Å². The second-order valence-electron chi connectivity index (χ2n) is 9.87. The first-order chi connectivity index (χ1) is 19.6. The molecule has 0 radical (unpaired) electrons. The molecule has 1 atom stereocenters. The van der Waals surface area contributed by atoms with Gasteiger partial charge in [-0.1, -0.05) is 65.7 Å². The van der Waals surface area contributed by atoms with Gasteiger partial charge in [0, 0.05) is 36.3 Å². The van der Waals surface area contributed by atoms with E-state index in [9.17, 15) is 16.8 Å². The Morgan fingerprint density at radius 2 is 1.56 bits per heavy atom. The smallest absolute Gasteiger partial charge is 0.268 e. The van der Waals surface area contributed by atoms with Crippen molar-refractivity contribution in [3.63, 3.8) is 0 Å². The molecule has 1 aliphatic rings. The topological polar surface area (TPSA) is 114 Å². The summed E-state index contributed by atoms with van der Waals surface area (Å²) in [7, 11) is -7.51. The van der Waals surface area contributed by atoms with E-state index in [1.54, 1.807) is 66.7 Å². The van der Waals surface area contributed by atoms with E-state index in [1.165, 1.54) is 20.7 Å². The number of fused-ring (bicyclic) bond motifs is 1. The zero-order chi connectivity index (χ0) is 28.8. The highest BCUT2D eigenvalue weighted by molar-refractivity contribution is 7.90. The molecule has 3 heterocycles. The Hall–Kier alpha value is -3.77. The summed E-state index contributed by atoms with van der Waals surface area (Å²) >= 11 is 6.55. The standard InChI is InChI=1S/C29H26ClN5O4S2/c1-20-11-13-23(14-12-20)40(36,37)34-16-15-21(18-34)32-29-31-17-26(30)28(33-29)25-19-35(27-10-6-5-9-24(25)27)41(38,39)22-7-3-2-4-8-22/h2-14,17,19,21H,15-16,18H2,1H3,(H,31,32,33). The van der Waals surface area contributed by atoms with Crippen molar-refractivity contribution in [3.8, 4) is 11.3 Å². The van der Waals surface area contributed by atoms with Crippen molar-refractivity contribution < 1.29 is 16.8 Å². The summed E-state index contributed by atoms with van der Waals surface area (Å²) in [4.78, 5) is 9.39. The number of nitrogens with one attached hydrogen (secondary N) is 1. The number of hydrogen-bond acceptors (Lipinski definition) is 7. The lowest BCUT2D eigenvalue weighted by atomic mass is 10.1. The van der Waals surface area contributed by atoms with Gasteiger partial charge in [-0.2, -0.15) is 4.31 Å². The number of rotatable bonds is 7. The summed E-state index contributed by atoms with van der Waals surface area (Å²) in [6.45, 7) is 2.53. The highest BCUT2D eigenvalue weighted by atomic mass is 35.5. The third-order valence-electron chi connectivity index (χ3n) is 7.12. The highest BCUT2D eigenvalue weighted by Crippen LogP contribution is 2.36. The van der Waals surface area contributed by atoms with Crippen LogP contribution in [0, 0.1) is 6.92 Å². The van der Waals surface area contributed by atoms with Gasteiger partial charge >= 0.3 is 0 Å². The van der Waals surface area contributed by atoms with Crippen molar-refractivity contribution in [2.24, 2.45) is 0 Å². The first kappa shape index (κ1) is 27.4. The lowest BCUT2D eigenvalue weighted by Gasteiger charge is -2.17. The van der Waals surface area contributed by atoms with Gasteiger partial charge in [-0.15, -0.1) is 0 Å². The second-order valence-corrected chi connectivity index (χ2v) is 14.0. The molecule has 1 aliphatic heterocycles. The summed E-state index contributed by atoms with van der Waals surface area (Å²) in [5.41, 5.74) is 2.37. The fraction of sp³-hybridized carbons (Fsp3) is 0.172. The number of benzene rings is 3. The van der Waals surface area contributed by atoms with E-state index in [-0.39, 0.29) is 33.3 Å². The van der Waals surface area contributed by atoms with Crippen LogP contribution in [0.15, 0.2) is 101 Å². The molecule has 1 saturated heterocycles. The molecule has 0 spiro atoms. The Morgan fingerprint density at radius 1 is 0.878 bits per heavy atom. The molecular weight excluding hydrogens is 582 g/mol. The van der Waals surface area contributed by atoms with Crippen LogP contribution in [0.2, 0.25) is 5.02 Å². The number of sulfonamides is 1. The summed E-state index contributed by atoms with van der Waals surface area (Å²) in [6, 6.07) is 21.9. The van der Waals surface area contributed by atoms with Crippen LogP contribution in [-0.4, -0.2) is 54.2 Å². The fourth-order valence-electron chi connectivity index (χ4n) is 4.98. The number of aryl methyl sites for hydroxylation is 1. The lowest BCUT2D eigenvalue weighted by molar-refractivity contribution is 0.474. The molecular formula is C29H26ClN5O4S2. The molecule has 0 bridgehead atoms.